The fourth-order valence-corrected chi connectivity index (χ4v) is 2.94. The lowest BCUT2D eigenvalue weighted by molar-refractivity contribution is -0.118. The van der Waals surface area contributed by atoms with Gasteiger partial charge in [0.15, 0.2) is 5.16 Å². The molecule has 1 rings (SSSR count). The van der Waals surface area contributed by atoms with E-state index >= 15 is 0 Å². The molecule has 1 aromatic heterocycles. The molecule has 0 bridgehead atoms. The number of thioether (sulfide) groups is 1. The van der Waals surface area contributed by atoms with E-state index < -0.39 is 0 Å². The van der Waals surface area contributed by atoms with Crippen LogP contribution in [0, 0.1) is 5.92 Å². The van der Waals surface area contributed by atoms with E-state index in [1.807, 2.05) is 4.57 Å². The molecule has 21 heavy (non-hydrogen) atoms. The van der Waals surface area contributed by atoms with E-state index in [0.29, 0.717) is 18.2 Å². The number of rotatable bonds is 10. The van der Waals surface area contributed by atoms with Crippen LogP contribution in [0.4, 0.5) is 0 Å². The van der Waals surface area contributed by atoms with Gasteiger partial charge >= 0.3 is 0 Å². The molecule has 0 aliphatic heterocycles. The second kappa shape index (κ2) is 9.78. The number of aliphatic hydroxyl groups excluding tert-OH is 1. The average molecular weight is 314 g/mol. The quantitative estimate of drug-likeness (QED) is 0.644. The molecule has 7 heteroatoms. The molecule has 0 saturated carbocycles. The van der Waals surface area contributed by atoms with Crippen molar-refractivity contribution in [2.24, 2.45) is 5.92 Å². The summed E-state index contributed by atoms with van der Waals surface area (Å²) in [7, 11) is 0. The van der Waals surface area contributed by atoms with Gasteiger partial charge in [0.25, 0.3) is 0 Å². The zero-order chi connectivity index (χ0) is 15.7. The van der Waals surface area contributed by atoms with Gasteiger partial charge in [0.2, 0.25) is 5.91 Å². The van der Waals surface area contributed by atoms with Gasteiger partial charge in [-0.2, -0.15) is 0 Å². The molecular weight excluding hydrogens is 288 g/mol. The minimum absolute atomic E-state index is 0.00245. The van der Waals surface area contributed by atoms with Gasteiger partial charge in [-0.05, 0) is 32.6 Å². The van der Waals surface area contributed by atoms with E-state index in [4.69, 9.17) is 5.11 Å². The fraction of sp³-hybridized carbons (Fsp3) is 0.786. The van der Waals surface area contributed by atoms with Gasteiger partial charge in [-0.3, -0.25) is 4.79 Å². The molecule has 0 radical (unpaired) electrons. The highest BCUT2D eigenvalue weighted by Gasteiger charge is 2.12. The highest BCUT2D eigenvalue weighted by Crippen LogP contribution is 2.18. The number of amides is 1. The fourth-order valence-electron chi connectivity index (χ4n) is 2.07. The van der Waals surface area contributed by atoms with Crippen molar-refractivity contribution in [1.82, 2.24) is 20.1 Å². The summed E-state index contributed by atoms with van der Waals surface area (Å²) in [5.74, 6) is 0.689. The summed E-state index contributed by atoms with van der Waals surface area (Å²) in [5.41, 5.74) is 0. The smallest absolute Gasteiger partial charge is 0.230 e. The number of nitrogens with one attached hydrogen (secondary N) is 1. The van der Waals surface area contributed by atoms with E-state index in [9.17, 15) is 4.79 Å². The van der Waals surface area contributed by atoms with E-state index in [-0.39, 0.29) is 18.6 Å². The van der Waals surface area contributed by atoms with Crippen molar-refractivity contribution in [3.8, 4) is 0 Å². The summed E-state index contributed by atoms with van der Waals surface area (Å²) in [5, 5.41) is 20.6. The highest BCUT2D eigenvalue weighted by molar-refractivity contribution is 7.99. The largest absolute Gasteiger partial charge is 0.396 e. The Balaban J connectivity index is 2.35. The van der Waals surface area contributed by atoms with Gasteiger partial charge in [-0.25, -0.2) is 0 Å². The Bertz CT molecular complexity index is 417. The number of aliphatic hydroxyl groups is 1. The monoisotopic (exact) mass is 314 g/mol. The summed E-state index contributed by atoms with van der Waals surface area (Å²) in [6, 6.07) is 0.282. The Morgan fingerprint density at radius 1 is 1.48 bits per heavy atom. The maximum Gasteiger partial charge on any atom is 0.230 e. The van der Waals surface area contributed by atoms with Crippen molar-refractivity contribution in [2.45, 2.75) is 51.2 Å². The normalized spacial score (nSPS) is 12.6. The van der Waals surface area contributed by atoms with E-state index in [0.717, 1.165) is 24.4 Å². The maximum absolute atomic E-state index is 11.9. The molecule has 0 saturated heterocycles. The standard InChI is InChI=1S/C14H26N4O2S/c1-4-5-12(6-7-19)8-15-13(20)9-21-14-17-16-10-18(14)11(2)3/h10-12,19H,4-9H2,1-3H3,(H,15,20). The summed E-state index contributed by atoms with van der Waals surface area (Å²) in [6.45, 7) is 7.02. The lowest BCUT2D eigenvalue weighted by Gasteiger charge is -2.15. The molecule has 0 spiro atoms. The highest BCUT2D eigenvalue weighted by atomic mass is 32.2. The van der Waals surface area contributed by atoms with E-state index in [2.05, 4.69) is 36.3 Å². The molecule has 0 fully saturated rings. The van der Waals surface area contributed by atoms with Crippen LogP contribution in [0.3, 0.4) is 0 Å². The molecule has 1 heterocycles. The summed E-state index contributed by atoms with van der Waals surface area (Å²) >= 11 is 1.40. The second-order valence-electron chi connectivity index (χ2n) is 5.37. The number of hydrogen-bond acceptors (Lipinski definition) is 5. The molecule has 1 atom stereocenters. The van der Waals surface area contributed by atoms with Crippen LogP contribution in [0.1, 0.15) is 46.1 Å². The van der Waals surface area contributed by atoms with E-state index in [1.54, 1.807) is 6.33 Å². The first kappa shape index (κ1) is 18.0. The molecule has 0 aromatic carbocycles. The first-order chi connectivity index (χ1) is 10.1. The number of carbonyl (C=O) groups excluding carboxylic acids is 1. The molecule has 1 unspecified atom stereocenters. The van der Waals surface area contributed by atoms with Crippen molar-refractivity contribution in [1.29, 1.82) is 0 Å². The summed E-state index contributed by atoms with van der Waals surface area (Å²) in [6.07, 6.45) is 4.51. The minimum Gasteiger partial charge on any atom is -0.396 e. The molecular formula is C14H26N4O2S. The topological polar surface area (TPSA) is 80.0 Å². The van der Waals surface area contributed by atoms with Crippen molar-refractivity contribution < 1.29 is 9.90 Å². The number of nitrogens with zero attached hydrogens (tertiary/aromatic N) is 3. The Hall–Kier alpha value is -1.08. The van der Waals surface area contributed by atoms with Gasteiger partial charge in [0.1, 0.15) is 6.33 Å². The molecule has 1 amide bonds. The van der Waals surface area contributed by atoms with Crippen molar-refractivity contribution >= 4 is 17.7 Å². The molecule has 1 aromatic rings. The third-order valence-electron chi connectivity index (χ3n) is 3.25. The lowest BCUT2D eigenvalue weighted by Crippen LogP contribution is -2.31. The average Bonchev–Trinajstić information content (AvgIpc) is 2.91. The maximum atomic E-state index is 11.9. The number of carbonyl (C=O) groups is 1. The second-order valence-corrected chi connectivity index (χ2v) is 6.32. The Labute approximate surface area is 130 Å². The van der Waals surface area contributed by atoms with Gasteiger partial charge in [-0.15, -0.1) is 10.2 Å². The lowest BCUT2D eigenvalue weighted by atomic mass is 10.0. The van der Waals surface area contributed by atoms with Gasteiger partial charge in [-0.1, -0.05) is 25.1 Å². The summed E-state index contributed by atoms with van der Waals surface area (Å²) in [4.78, 5) is 11.9. The van der Waals surface area contributed by atoms with Crippen LogP contribution in [0.25, 0.3) is 0 Å². The molecule has 120 valence electrons. The van der Waals surface area contributed by atoms with Crippen LogP contribution < -0.4 is 5.32 Å². The van der Waals surface area contributed by atoms with Crippen LogP contribution >= 0.6 is 11.8 Å². The van der Waals surface area contributed by atoms with Crippen LogP contribution in [-0.4, -0.2) is 44.7 Å². The molecule has 6 nitrogen and oxygen atoms in total. The number of aromatic nitrogens is 3. The van der Waals surface area contributed by atoms with Crippen LogP contribution in [0.5, 0.6) is 0 Å². The Morgan fingerprint density at radius 3 is 2.86 bits per heavy atom. The Kier molecular flexibility index (Phi) is 8.37. The van der Waals surface area contributed by atoms with Gasteiger partial charge < -0.3 is 15.0 Å². The third-order valence-corrected chi connectivity index (χ3v) is 4.21. The van der Waals surface area contributed by atoms with Crippen molar-refractivity contribution in [3.05, 3.63) is 6.33 Å². The zero-order valence-corrected chi connectivity index (χ0v) is 13.9. The van der Waals surface area contributed by atoms with Gasteiger partial charge in [0.05, 0.1) is 5.75 Å². The molecule has 0 aliphatic rings. The molecule has 2 N–H and O–H groups in total. The van der Waals surface area contributed by atoms with Crippen LogP contribution in [-0.2, 0) is 4.79 Å². The summed E-state index contributed by atoms with van der Waals surface area (Å²) < 4.78 is 1.95. The first-order valence-electron chi connectivity index (χ1n) is 7.48. The Morgan fingerprint density at radius 2 is 2.24 bits per heavy atom. The predicted molar refractivity (Wildman–Crippen MR) is 84.2 cm³/mol. The minimum atomic E-state index is -0.00245. The SMILES string of the molecule is CCCC(CCO)CNC(=O)CSc1nncn1C(C)C. The van der Waals surface area contributed by atoms with Crippen molar-refractivity contribution in [3.63, 3.8) is 0 Å². The van der Waals surface area contributed by atoms with Crippen LogP contribution in [0.15, 0.2) is 11.5 Å². The third kappa shape index (κ3) is 6.48. The predicted octanol–water partition coefficient (Wildman–Crippen LogP) is 1.87. The van der Waals surface area contributed by atoms with Crippen LogP contribution in [0.2, 0.25) is 0 Å². The zero-order valence-electron chi connectivity index (χ0n) is 13.1. The first-order valence-corrected chi connectivity index (χ1v) is 8.46. The van der Waals surface area contributed by atoms with Gasteiger partial charge in [0, 0.05) is 19.2 Å². The molecule has 0 aliphatic carbocycles. The van der Waals surface area contributed by atoms with Crippen molar-refractivity contribution in [2.75, 3.05) is 18.9 Å². The van der Waals surface area contributed by atoms with E-state index in [1.165, 1.54) is 11.8 Å². The number of hydrogen-bond donors (Lipinski definition) is 2.